The van der Waals surface area contributed by atoms with Gasteiger partial charge in [0.15, 0.2) is 6.61 Å². The van der Waals surface area contributed by atoms with Gasteiger partial charge in [0.05, 0.1) is 0 Å². The third-order valence-electron chi connectivity index (χ3n) is 5.93. The largest absolute Gasteiger partial charge is 0.484 e. The molecule has 2 amide bonds. The van der Waals surface area contributed by atoms with Gasteiger partial charge in [-0.25, -0.2) is 0 Å². The molecule has 2 aliphatic rings. The molecule has 0 aromatic heterocycles. The number of benzene rings is 1. The Bertz CT molecular complexity index is 660. The highest BCUT2D eigenvalue weighted by Crippen LogP contribution is 2.32. The number of carbonyl (C=O) groups is 2. The molecule has 0 atom stereocenters. The average Bonchev–Trinajstić information content (AvgIpc) is 3.00. The predicted octanol–water partition coefficient (Wildman–Crippen LogP) is 4.15. The third kappa shape index (κ3) is 5.95. The van der Waals surface area contributed by atoms with Crippen molar-refractivity contribution >= 4 is 17.5 Å². The minimum atomic E-state index is -0.721. The van der Waals surface area contributed by atoms with Crippen molar-refractivity contribution in [1.29, 1.82) is 0 Å². The first-order valence-electron chi connectivity index (χ1n) is 11.1. The molecule has 0 bridgehead atoms. The topological polar surface area (TPSA) is 67.9 Å². The summed E-state index contributed by atoms with van der Waals surface area (Å²) in [6.07, 6.45) is 9.24. The number of anilines is 1. The van der Waals surface area contributed by atoms with E-state index in [4.69, 9.17) is 9.47 Å². The summed E-state index contributed by atoms with van der Waals surface area (Å²) in [5.74, 6) is 0.603. The zero-order chi connectivity index (χ0) is 20.5. The Morgan fingerprint density at radius 1 is 0.966 bits per heavy atom. The third-order valence-corrected chi connectivity index (χ3v) is 5.93. The Balaban J connectivity index is 1.53. The number of carbonyl (C=O) groups excluding carboxylic acids is 2. The van der Waals surface area contributed by atoms with Crippen molar-refractivity contribution < 1.29 is 19.1 Å². The second-order valence-electron chi connectivity index (χ2n) is 8.05. The lowest BCUT2D eigenvalue weighted by Gasteiger charge is -2.31. The van der Waals surface area contributed by atoms with E-state index in [1.807, 2.05) is 24.0 Å². The van der Waals surface area contributed by atoms with Gasteiger partial charge in [0.25, 0.3) is 11.8 Å². The maximum atomic E-state index is 13.0. The van der Waals surface area contributed by atoms with Crippen LogP contribution in [0.25, 0.3) is 0 Å². The smallest absolute Gasteiger partial charge is 0.260 e. The quantitative estimate of drug-likeness (QED) is 0.696. The van der Waals surface area contributed by atoms with Crippen LogP contribution < -0.4 is 10.1 Å². The molecule has 1 aromatic rings. The van der Waals surface area contributed by atoms with E-state index in [0.717, 1.165) is 64.5 Å². The molecule has 1 aliphatic carbocycles. The Hall–Kier alpha value is -2.08. The number of nitrogens with one attached hydrogen (secondary N) is 1. The zero-order valence-electron chi connectivity index (χ0n) is 17.6. The molecule has 29 heavy (non-hydrogen) atoms. The molecular formula is C23H34N2O4. The molecule has 1 N–H and O–H groups in total. The number of piperidine rings is 1. The summed E-state index contributed by atoms with van der Waals surface area (Å²) < 4.78 is 11.6. The van der Waals surface area contributed by atoms with E-state index in [1.165, 1.54) is 6.42 Å². The molecule has 0 unspecified atom stereocenters. The van der Waals surface area contributed by atoms with Crippen LogP contribution in [0.15, 0.2) is 24.3 Å². The number of amides is 2. The van der Waals surface area contributed by atoms with Crippen LogP contribution in [0.1, 0.15) is 64.7 Å². The van der Waals surface area contributed by atoms with Crippen LogP contribution in [-0.4, -0.2) is 48.6 Å². The second kappa shape index (κ2) is 10.6. The normalized spacial score (nSPS) is 19.3. The lowest BCUT2D eigenvalue weighted by atomic mass is 9.93. The zero-order valence-corrected chi connectivity index (χ0v) is 17.6. The summed E-state index contributed by atoms with van der Waals surface area (Å²) in [5.41, 5.74) is -0.00518. The maximum absolute atomic E-state index is 13.0. The summed E-state index contributed by atoms with van der Waals surface area (Å²) in [6.45, 7) is 4.19. The number of rotatable bonds is 7. The van der Waals surface area contributed by atoms with Gasteiger partial charge in [-0.05, 0) is 63.3 Å². The van der Waals surface area contributed by atoms with Gasteiger partial charge in [0.1, 0.15) is 11.4 Å². The number of ether oxygens (including phenoxy) is 2. The van der Waals surface area contributed by atoms with E-state index < -0.39 is 5.60 Å². The molecule has 1 saturated heterocycles. The Morgan fingerprint density at radius 3 is 2.21 bits per heavy atom. The van der Waals surface area contributed by atoms with E-state index in [1.54, 1.807) is 12.1 Å². The number of nitrogens with zero attached hydrogens (tertiary/aromatic N) is 1. The minimum Gasteiger partial charge on any atom is -0.484 e. The Morgan fingerprint density at radius 2 is 1.59 bits per heavy atom. The molecule has 6 nitrogen and oxygen atoms in total. The van der Waals surface area contributed by atoms with E-state index >= 15 is 0 Å². The van der Waals surface area contributed by atoms with Crippen LogP contribution in [0.4, 0.5) is 5.69 Å². The SMILES string of the molecule is CCOC1(C(=O)Nc2ccc(OCC(=O)N3CCCCC3)cc2)CCCCCC1. The van der Waals surface area contributed by atoms with Crippen molar-refractivity contribution in [3.8, 4) is 5.75 Å². The van der Waals surface area contributed by atoms with Crippen LogP contribution in [-0.2, 0) is 14.3 Å². The number of hydrogen-bond acceptors (Lipinski definition) is 4. The van der Waals surface area contributed by atoms with Crippen LogP contribution in [0.5, 0.6) is 5.75 Å². The number of likely N-dealkylation sites (tertiary alicyclic amines) is 1. The molecule has 1 aliphatic heterocycles. The van der Waals surface area contributed by atoms with Crippen molar-refractivity contribution in [2.45, 2.75) is 70.3 Å². The van der Waals surface area contributed by atoms with Crippen molar-refractivity contribution in [2.24, 2.45) is 0 Å². The Kier molecular flexibility index (Phi) is 7.92. The first kappa shape index (κ1) is 21.6. The second-order valence-corrected chi connectivity index (χ2v) is 8.05. The van der Waals surface area contributed by atoms with Crippen molar-refractivity contribution in [2.75, 3.05) is 31.6 Å². The first-order chi connectivity index (χ1) is 14.1. The van der Waals surface area contributed by atoms with E-state index in [2.05, 4.69) is 5.32 Å². The van der Waals surface area contributed by atoms with Gasteiger partial charge in [-0.1, -0.05) is 25.7 Å². The molecule has 0 radical (unpaired) electrons. The van der Waals surface area contributed by atoms with Gasteiger partial charge < -0.3 is 19.7 Å². The fourth-order valence-corrected chi connectivity index (χ4v) is 4.27. The summed E-state index contributed by atoms with van der Waals surface area (Å²) in [6, 6.07) is 7.21. The molecule has 2 fully saturated rings. The summed E-state index contributed by atoms with van der Waals surface area (Å²) in [7, 11) is 0. The molecule has 160 valence electrons. The van der Waals surface area contributed by atoms with Crippen LogP contribution in [0.2, 0.25) is 0 Å². The maximum Gasteiger partial charge on any atom is 0.260 e. The lowest BCUT2D eigenvalue weighted by Crippen LogP contribution is -2.45. The van der Waals surface area contributed by atoms with E-state index in [0.29, 0.717) is 18.0 Å². The van der Waals surface area contributed by atoms with Crippen LogP contribution in [0, 0.1) is 0 Å². The van der Waals surface area contributed by atoms with Crippen molar-refractivity contribution in [3.63, 3.8) is 0 Å². The number of hydrogen-bond donors (Lipinski definition) is 1. The summed E-state index contributed by atoms with van der Waals surface area (Å²) >= 11 is 0. The molecular weight excluding hydrogens is 368 g/mol. The molecule has 0 spiro atoms. The van der Waals surface area contributed by atoms with Gasteiger partial charge in [-0.3, -0.25) is 9.59 Å². The van der Waals surface area contributed by atoms with E-state index in [9.17, 15) is 9.59 Å². The van der Waals surface area contributed by atoms with E-state index in [-0.39, 0.29) is 18.4 Å². The van der Waals surface area contributed by atoms with Crippen molar-refractivity contribution in [1.82, 2.24) is 4.90 Å². The fraction of sp³-hybridized carbons (Fsp3) is 0.652. The minimum absolute atomic E-state index is 0.0362. The van der Waals surface area contributed by atoms with Crippen LogP contribution >= 0.6 is 0 Å². The van der Waals surface area contributed by atoms with Gasteiger partial charge >= 0.3 is 0 Å². The highest BCUT2D eigenvalue weighted by atomic mass is 16.5. The highest BCUT2D eigenvalue weighted by Gasteiger charge is 2.39. The molecule has 6 heteroatoms. The average molecular weight is 403 g/mol. The van der Waals surface area contributed by atoms with Gasteiger partial charge in [-0.2, -0.15) is 0 Å². The van der Waals surface area contributed by atoms with Crippen molar-refractivity contribution in [3.05, 3.63) is 24.3 Å². The molecule has 3 rings (SSSR count). The summed E-state index contributed by atoms with van der Waals surface area (Å²) in [5, 5.41) is 3.01. The molecule has 1 saturated carbocycles. The van der Waals surface area contributed by atoms with Gasteiger partial charge in [0, 0.05) is 25.4 Å². The monoisotopic (exact) mass is 402 g/mol. The lowest BCUT2D eigenvalue weighted by molar-refractivity contribution is -0.143. The predicted molar refractivity (Wildman–Crippen MR) is 113 cm³/mol. The van der Waals surface area contributed by atoms with Gasteiger partial charge in [-0.15, -0.1) is 0 Å². The van der Waals surface area contributed by atoms with Gasteiger partial charge in [0.2, 0.25) is 0 Å². The fourth-order valence-electron chi connectivity index (χ4n) is 4.27. The molecule has 1 heterocycles. The first-order valence-corrected chi connectivity index (χ1v) is 11.1. The standard InChI is InChI=1S/C23H34N2O4/c1-2-29-23(14-6-3-4-7-15-23)22(27)24-19-10-12-20(13-11-19)28-18-21(26)25-16-8-5-9-17-25/h10-13H,2-9,14-18H2,1H3,(H,24,27). The van der Waals surface area contributed by atoms with Crippen LogP contribution in [0.3, 0.4) is 0 Å². The Labute approximate surface area is 173 Å². The summed E-state index contributed by atoms with van der Waals surface area (Å²) in [4.78, 5) is 27.1. The highest BCUT2D eigenvalue weighted by molar-refractivity contribution is 5.97. The molecule has 1 aromatic carbocycles.